The molecule has 0 aliphatic carbocycles. The first-order valence-electron chi connectivity index (χ1n) is 9.93. The van der Waals surface area contributed by atoms with Crippen molar-refractivity contribution in [1.29, 1.82) is 0 Å². The van der Waals surface area contributed by atoms with Crippen molar-refractivity contribution in [2.45, 2.75) is 13.2 Å². The number of alkyl halides is 2. The first-order chi connectivity index (χ1) is 15.5. The van der Waals surface area contributed by atoms with Gasteiger partial charge in [0.05, 0.1) is 11.0 Å². The Morgan fingerprint density at radius 2 is 1.84 bits per heavy atom. The van der Waals surface area contributed by atoms with E-state index < -0.39 is 12.5 Å². The molecular weight excluding hydrogens is 430 g/mol. The highest BCUT2D eigenvalue weighted by Crippen LogP contribution is 2.36. The Morgan fingerprint density at radius 1 is 1.00 bits per heavy atom. The monoisotopic (exact) mass is 448 g/mol. The number of aromatic nitrogens is 1. The van der Waals surface area contributed by atoms with Gasteiger partial charge in [-0.3, -0.25) is 4.79 Å². The summed E-state index contributed by atoms with van der Waals surface area (Å²) >= 11 is 1.65. The molecule has 0 atom stereocenters. The van der Waals surface area contributed by atoms with E-state index in [1.165, 1.54) is 6.07 Å². The number of thiophene rings is 1. The third-order valence-electron chi connectivity index (χ3n) is 5.43. The SMILES string of the molecule is NC(=O)c1cccc2c1c1ccc(-c3cccs3)cc1n2Cc1cccc(OC(F)F)c1. The van der Waals surface area contributed by atoms with E-state index in [-0.39, 0.29) is 5.75 Å². The second-order valence-corrected chi connectivity index (χ2v) is 8.33. The highest BCUT2D eigenvalue weighted by atomic mass is 32.1. The Balaban J connectivity index is 1.73. The zero-order valence-electron chi connectivity index (χ0n) is 16.8. The predicted octanol–water partition coefficient (Wildman–Crippen LogP) is 6.27. The number of hydrogen-bond acceptors (Lipinski definition) is 3. The van der Waals surface area contributed by atoms with E-state index in [9.17, 15) is 13.6 Å². The minimum Gasteiger partial charge on any atom is -0.435 e. The van der Waals surface area contributed by atoms with Gasteiger partial charge >= 0.3 is 6.61 Å². The van der Waals surface area contributed by atoms with Gasteiger partial charge in [0.25, 0.3) is 0 Å². The predicted molar refractivity (Wildman–Crippen MR) is 123 cm³/mol. The molecule has 5 aromatic rings. The number of ether oxygens (including phenoxy) is 1. The van der Waals surface area contributed by atoms with E-state index >= 15 is 0 Å². The summed E-state index contributed by atoms with van der Waals surface area (Å²) in [7, 11) is 0. The normalized spacial score (nSPS) is 11.5. The Bertz CT molecular complexity index is 1440. The molecule has 0 aliphatic rings. The van der Waals surface area contributed by atoms with Gasteiger partial charge in [-0.25, -0.2) is 0 Å². The molecule has 2 heterocycles. The Labute approximate surface area is 186 Å². The number of nitrogens with zero attached hydrogens (tertiary/aromatic N) is 1. The van der Waals surface area contributed by atoms with Crippen LogP contribution in [-0.2, 0) is 6.54 Å². The third kappa shape index (κ3) is 3.61. The van der Waals surface area contributed by atoms with Crippen LogP contribution in [0.3, 0.4) is 0 Å². The first kappa shape index (κ1) is 20.2. The lowest BCUT2D eigenvalue weighted by Gasteiger charge is -2.11. The van der Waals surface area contributed by atoms with Gasteiger partial charge < -0.3 is 15.0 Å². The van der Waals surface area contributed by atoms with E-state index in [1.807, 2.05) is 35.7 Å². The van der Waals surface area contributed by atoms with Crippen LogP contribution in [0.15, 0.2) is 78.2 Å². The van der Waals surface area contributed by atoms with Crippen LogP contribution in [0.5, 0.6) is 5.75 Å². The molecule has 0 saturated carbocycles. The van der Waals surface area contributed by atoms with E-state index in [0.717, 1.165) is 37.8 Å². The van der Waals surface area contributed by atoms with Gasteiger partial charge in [-0.1, -0.05) is 36.4 Å². The standard InChI is InChI=1S/C25H18F2N2O2S/c26-25(27)31-17-5-1-4-15(12-17)14-29-20-7-2-6-19(24(28)30)23(20)18-10-9-16(13-21(18)29)22-8-3-11-32-22/h1-13,25H,14H2,(H2,28,30). The number of amides is 1. The maximum absolute atomic E-state index is 12.7. The number of fused-ring (bicyclic) bond motifs is 3. The van der Waals surface area contributed by atoms with Crippen LogP contribution in [0.2, 0.25) is 0 Å². The van der Waals surface area contributed by atoms with Crippen molar-refractivity contribution < 1.29 is 18.3 Å². The maximum atomic E-state index is 12.7. The quantitative estimate of drug-likeness (QED) is 0.333. The molecule has 0 bridgehead atoms. The molecule has 0 aliphatic heterocycles. The lowest BCUT2D eigenvalue weighted by molar-refractivity contribution is -0.0498. The number of primary amides is 1. The number of halogens is 2. The van der Waals surface area contributed by atoms with Crippen molar-refractivity contribution in [3.8, 4) is 16.2 Å². The fraction of sp³-hybridized carbons (Fsp3) is 0.0800. The summed E-state index contributed by atoms with van der Waals surface area (Å²) in [5, 5.41) is 3.72. The molecule has 0 fully saturated rings. The summed E-state index contributed by atoms with van der Waals surface area (Å²) < 4.78 is 32.0. The maximum Gasteiger partial charge on any atom is 0.387 e. The van der Waals surface area contributed by atoms with Gasteiger partial charge in [-0.2, -0.15) is 8.78 Å². The van der Waals surface area contributed by atoms with E-state index in [4.69, 9.17) is 5.73 Å². The molecule has 0 spiro atoms. The fourth-order valence-corrected chi connectivity index (χ4v) is 4.84. The average molecular weight is 448 g/mol. The van der Waals surface area contributed by atoms with Gasteiger partial charge in [0.1, 0.15) is 5.75 Å². The molecule has 1 amide bonds. The highest BCUT2D eigenvalue weighted by Gasteiger charge is 2.17. The third-order valence-corrected chi connectivity index (χ3v) is 6.35. The van der Waals surface area contributed by atoms with Crippen LogP contribution in [0.25, 0.3) is 32.2 Å². The minimum atomic E-state index is -2.88. The second-order valence-electron chi connectivity index (χ2n) is 7.39. The first-order valence-corrected chi connectivity index (χ1v) is 10.8. The molecule has 5 rings (SSSR count). The van der Waals surface area contributed by atoms with Crippen LogP contribution in [0.4, 0.5) is 8.78 Å². The zero-order valence-corrected chi connectivity index (χ0v) is 17.6. The van der Waals surface area contributed by atoms with Crippen LogP contribution < -0.4 is 10.5 Å². The van der Waals surface area contributed by atoms with Crippen molar-refractivity contribution in [1.82, 2.24) is 4.57 Å². The smallest absolute Gasteiger partial charge is 0.387 e. The van der Waals surface area contributed by atoms with Gasteiger partial charge in [-0.05, 0) is 52.9 Å². The van der Waals surface area contributed by atoms with Crippen molar-refractivity contribution in [2.24, 2.45) is 5.73 Å². The molecule has 3 aromatic carbocycles. The summed E-state index contributed by atoms with van der Waals surface area (Å²) in [6.07, 6.45) is 0. The Hall–Kier alpha value is -3.71. The average Bonchev–Trinajstić information content (AvgIpc) is 3.41. The topological polar surface area (TPSA) is 57.2 Å². The van der Waals surface area contributed by atoms with Crippen molar-refractivity contribution in [3.05, 3.63) is 89.3 Å². The molecule has 2 aromatic heterocycles. The fourth-order valence-electron chi connectivity index (χ4n) is 4.12. The number of carbonyl (C=O) groups is 1. The number of rotatable bonds is 6. The van der Waals surface area contributed by atoms with Crippen LogP contribution in [0.1, 0.15) is 15.9 Å². The highest BCUT2D eigenvalue weighted by molar-refractivity contribution is 7.13. The molecule has 7 heteroatoms. The molecule has 32 heavy (non-hydrogen) atoms. The summed E-state index contributed by atoms with van der Waals surface area (Å²) in [4.78, 5) is 13.3. The number of nitrogens with two attached hydrogens (primary N) is 1. The van der Waals surface area contributed by atoms with E-state index in [2.05, 4.69) is 21.4 Å². The van der Waals surface area contributed by atoms with Crippen LogP contribution in [-0.4, -0.2) is 17.1 Å². The van der Waals surface area contributed by atoms with Crippen LogP contribution in [0, 0.1) is 0 Å². The van der Waals surface area contributed by atoms with Gasteiger partial charge in [0.2, 0.25) is 5.91 Å². The van der Waals surface area contributed by atoms with Crippen LogP contribution >= 0.6 is 11.3 Å². The minimum absolute atomic E-state index is 0.107. The van der Waals surface area contributed by atoms with E-state index in [1.54, 1.807) is 35.6 Å². The summed E-state index contributed by atoms with van der Waals surface area (Å²) in [5.74, 6) is -0.389. The molecule has 0 unspecified atom stereocenters. The Kier molecular flexibility index (Phi) is 5.11. The van der Waals surface area contributed by atoms with Crippen molar-refractivity contribution in [3.63, 3.8) is 0 Å². The van der Waals surface area contributed by atoms with Gasteiger partial charge in [0.15, 0.2) is 0 Å². The lowest BCUT2D eigenvalue weighted by atomic mass is 10.0. The van der Waals surface area contributed by atoms with Gasteiger partial charge in [0, 0.05) is 27.8 Å². The van der Waals surface area contributed by atoms with Crippen molar-refractivity contribution >= 4 is 39.0 Å². The molecular formula is C25H18F2N2O2S. The summed E-state index contributed by atoms with van der Waals surface area (Å²) in [6.45, 7) is -2.47. The van der Waals surface area contributed by atoms with Crippen molar-refractivity contribution in [2.75, 3.05) is 0 Å². The molecule has 160 valence electrons. The molecule has 0 saturated heterocycles. The molecule has 0 radical (unpaired) electrons. The molecule has 2 N–H and O–H groups in total. The summed E-state index contributed by atoms with van der Waals surface area (Å²) in [6, 6.07) is 22.3. The lowest BCUT2D eigenvalue weighted by Crippen LogP contribution is -2.11. The zero-order chi connectivity index (χ0) is 22.2. The largest absolute Gasteiger partial charge is 0.435 e. The second kappa shape index (κ2) is 8.09. The molecule has 4 nitrogen and oxygen atoms in total. The number of carbonyl (C=O) groups excluding carboxylic acids is 1. The van der Waals surface area contributed by atoms with E-state index in [0.29, 0.717) is 12.1 Å². The summed E-state index contributed by atoms with van der Waals surface area (Å²) in [5.41, 5.74) is 9.76. The van der Waals surface area contributed by atoms with Gasteiger partial charge in [-0.15, -0.1) is 11.3 Å². The number of benzene rings is 3. The Morgan fingerprint density at radius 3 is 2.59 bits per heavy atom. The number of hydrogen-bond donors (Lipinski definition) is 1.